The van der Waals surface area contributed by atoms with Crippen molar-refractivity contribution in [3.63, 3.8) is 0 Å². The molecule has 0 spiro atoms. The van der Waals surface area contributed by atoms with Crippen LogP contribution in [0.1, 0.15) is 65.3 Å². The van der Waals surface area contributed by atoms with E-state index >= 15 is 0 Å². The Morgan fingerprint density at radius 2 is 2.00 bits per heavy atom. The van der Waals surface area contributed by atoms with E-state index in [1.54, 1.807) is 6.20 Å². The van der Waals surface area contributed by atoms with Gasteiger partial charge in [0.15, 0.2) is 0 Å². The van der Waals surface area contributed by atoms with Crippen LogP contribution < -0.4 is 0 Å². The third-order valence-corrected chi connectivity index (χ3v) is 6.08. The number of fused-ring (bicyclic) bond motifs is 3. The van der Waals surface area contributed by atoms with Gasteiger partial charge in [-0.2, -0.15) is 5.10 Å². The number of nitrogens with one attached hydrogen (secondary N) is 2. The summed E-state index contributed by atoms with van der Waals surface area (Å²) >= 11 is 0. The second kappa shape index (κ2) is 6.31. The Hall–Kier alpha value is -2.56. The molecule has 2 N–H and O–H groups in total. The van der Waals surface area contributed by atoms with E-state index in [2.05, 4.69) is 39.4 Å². The van der Waals surface area contributed by atoms with Crippen LogP contribution in [0.3, 0.4) is 0 Å². The molecule has 5 nitrogen and oxygen atoms in total. The number of H-pyrrole nitrogens is 2. The SMILES string of the molecule is O=C(c1cn[nH]c1C1CCCCC1)N1CCc2[nH]c3ccccc3c2C1. The molecule has 1 aliphatic heterocycles. The summed E-state index contributed by atoms with van der Waals surface area (Å²) < 4.78 is 0. The highest BCUT2D eigenvalue weighted by atomic mass is 16.2. The van der Waals surface area contributed by atoms with Gasteiger partial charge in [-0.15, -0.1) is 0 Å². The van der Waals surface area contributed by atoms with Gasteiger partial charge in [0, 0.05) is 47.6 Å². The van der Waals surface area contributed by atoms with Crippen molar-refractivity contribution in [1.29, 1.82) is 0 Å². The van der Waals surface area contributed by atoms with E-state index < -0.39 is 0 Å². The van der Waals surface area contributed by atoms with Gasteiger partial charge in [0.2, 0.25) is 0 Å². The molecule has 3 aromatic rings. The summed E-state index contributed by atoms with van der Waals surface area (Å²) in [5.41, 5.74) is 5.54. The number of aromatic amines is 2. The zero-order chi connectivity index (χ0) is 17.5. The predicted octanol–water partition coefficient (Wildman–Crippen LogP) is 4.14. The summed E-state index contributed by atoms with van der Waals surface area (Å²) in [6.07, 6.45) is 8.75. The summed E-state index contributed by atoms with van der Waals surface area (Å²) in [5.74, 6) is 0.578. The molecule has 0 bridgehead atoms. The Kier molecular flexibility index (Phi) is 3.80. The fourth-order valence-electron chi connectivity index (χ4n) is 4.68. The number of hydrogen-bond donors (Lipinski definition) is 2. The molecular weight excluding hydrogens is 324 g/mol. The number of rotatable bonds is 2. The Labute approximate surface area is 152 Å². The van der Waals surface area contributed by atoms with Gasteiger partial charge in [-0.1, -0.05) is 37.5 Å². The predicted molar refractivity (Wildman–Crippen MR) is 101 cm³/mol. The van der Waals surface area contributed by atoms with Gasteiger partial charge < -0.3 is 9.88 Å². The van der Waals surface area contributed by atoms with Crippen LogP contribution in [0.5, 0.6) is 0 Å². The van der Waals surface area contributed by atoms with Crippen molar-refractivity contribution in [1.82, 2.24) is 20.1 Å². The summed E-state index contributed by atoms with van der Waals surface area (Å²) in [4.78, 5) is 18.8. The maximum atomic E-state index is 13.2. The van der Waals surface area contributed by atoms with Crippen molar-refractivity contribution in [3.05, 3.63) is 53.0 Å². The third-order valence-electron chi connectivity index (χ3n) is 6.08. The number of carbonyl (C=O) groups is 1. The van der Waals surface area contributed by atoms with Crippen LogP contribution in [-0.4, -0.2) is 32.5 Å². The molecule has 5 rings (SSSR count). The normalized spacial score (nSPS) is 18.2. The molecule has 5 heteroatoms. The van der Waals surface area contributed by atoms with Gasteiger partial charge in [-0.05, 0) is 18.9 Å². The van der Waals surface area contributed by atoms with Gasteiger partial charge in [0.05, 0.1) is 17.5 Å². The zero-order valence-corrected chi connectivity index (χ0v) is 14.9. The van der Waals surface area contributed by atoms with E-state index in [1.807, 2.05) is 4.90 Å². The van der Waals surface area contributed by atoms with E-state index in [0.29, 0.717) is 12.5 Å². The standard InChI is InChI=1S/C21H24N4O/c26-21(16-12-22-24-20(16)14-6-2-1-3-7-14)25-11-10-19-17(13-25)15-8-4-5-9-18(15)23-19/h4-5,8-9,12,14,23H,1-3,6-7,10-11,13H2,(H,22,24). The molecule has 0 radical (unpaired) electrons. The van der Waals surface area contributed by atoms with Crippen molar-refractivity contribution < 1.29 is 4.79 Å². The molecule has 26 heavy (non-hydrogen) atoms. The van der Waals surface area contributed by atoms with Crippen molar-refractivity contribution in [2.75, 3.05) is 6.54 Å². The first kappa shape index (κ1) is 15.7. The lowest BCUT2D eigenvalue weighted by Gasteiger charge is -2.28. The minimum absolute atomic E-state index is 0.121. The van der Waals surface area contributed by atoms with Gasteiger partial charge >= 0.3 is 0 Å². The van der Waals surface area contributed by atoms with Gasteiger partial charge in [0.1, 0.15) is 0 Å². The number of nitrogens with zero attached hydrogens (tertiary/aromatic N) is 2. The summed E-state index contributed by atoms with van der Waals surface area (Å²) in [6, 6.07) is 8.37. The average molecular weight is 348 g/mol. The van der Waals surface area contributed by atoms with Crippen molar-refractivity contribution in [2.45, 2.75) is 51.0 Å². The molecule has 1 amide bonds. The fourth-order valence-corrected chi connectivity index (χ4v) is 4.68. The van der Waals surface area contributed by atoms with E-state index in [9.17, 15) is 4.79 Å². The lowest BCUT2D eigenvalue weighted by atomic mass is 9.85. The first-order valence-electron chi connectivity index (χ1n) is 9.72. The quantitative estimate of drug-likeness (QED) is 0.731. The molecule has 0 unspecified atom stereocenters. The lowest BCUT2D eigenvalue weighted by Crippen LogP contribution is -2.36. The minimum atomic E-state index is 0.121. The highest BCUT2D eigenvalue weighted by Crippen LogP contribution is 2.34. The molecule has 3 heterocycles. The van der Waals surface area contributed by atoms with Crippen LogP contribution in [0.15, 0.2) is 30.5 Å². The molecule has 1 aliphatic carbocycles. The minimum Gasteiger partial charge on any atom is -0.358 e. The molecule has 2 aliphatic rings. The summed E-state index contributed by atoms with van der Waals surface area (Å²) in [7, 11) is 0. The molecular formula is C21H24N4O. The van der Waals surface area contributed by atoms with Crippen LogP contribution in [0.4, 0.5) is 0 Å². The summed E-state index contributed by atoms with van der Waals surface area (Å²) in [6.45, 7) is 1.43. The molecule has 0 atom stereocenters. The van der Waals surface area contributed by atoms with Crippen LogP contribution in [0.25, 0.3) is 10.9 Å². The number of carbonyl (C=O) groups excluding carboxylic acids is 1. The molecule has 1 fully saturated rings. The molecule has 1 aromatic carbocycles. The second-order valence-corrected chi connectivity index (χ2v) is 7.64. The van der Waals surface area contributed by atoms with Crippen molar-refractivity contribution in [2.24, 2.45) is 0 Å². The maximum absolute atomic E-state index is 13.2. The molecule has 134 valence electrons. The Bertz CT molecular complexity index is 948. The first-order valence-corrected chi connectivity index (χ1v) is 9.72. The fraction of sp³-hybridized carbons (Fsp3) is 0.429. The van der Waals surface area contributed by atoms with Gasteiger partial charge in [-0.25, -0.2) is 0 Å². The van der Waals surface area contributed by atoms with Crippen LogP contribution in [0, 0.1) is 0 Å². The van der Waals surface area contributed by atoms with Gasteiger partial charge in [-0.3, -0.25) is 9.89 Å². The highest BCUT2D eigenvalue weighted by Gasteiger charge is 2.29. The highest BCUT2D eigenvalue weighted by molar-refractivity contribution is 5.96. The average Bonchev–Trinajstić information content (AvgIpc) is 3.32. The van der Waals surface area contributed by atoms with Crippen molar-refractivity contribution in [3.8, 4) is 0 Å². The molecule has 0 saturated heterocycles. The van der Waals surface area contributed by atoms with Crippen LogP contribution in [-0.2, 0) is 13.0 Å². The maximum Gasteiger partial charge on any atom is 0.257 e. The molecule has 1 saturated carbocycles. The van der Waals surface area contributed by atoms with E-state index in [-0.39, 0.29) is 5.91 Å². The number of aromatic nitrogens is 3. The smallest absolute Gasteiger partial charge is 0.257 e. The first-order chi connectivity index (χ1) is 12.8. The monoisotopic (exact) mass is 348 g/mol. The number of hydrogen-bond acceptors (Lipinski definition) is 2. The summed E-state index contributed by atoms with van der Waals surface area (Å²) in [5, 5.41) is 8.59. The largest absolute Gasteiger partial charge is 0.358 e. The Balaban J connectivity index is 1.43. The number of amides is 1. The van der Waals surface area contributed by atoms with Crippen molar-refractivity contribution >= 4 is 16.8 Å². The molecule has 2 aromatic heterocycles. The van der Waals surface area contributed by atoms with E-state index in [4.69, 9.17) is 0 Å². The van der Waals surface area contributed by atoms with Crippen LogP contribution in [0.2, 0.25) is 0 Å². The third kappa shape index (κ3) is 2.54. The second-order valence-electron chi connectivity index (χ2n) is 7.64. The van der Waals surface area contributed by atoms with Gasteiger partial charge in [0.25, 0.3) is 5.91 Å². The zero-order valence-electron chi connectivity index (χ0n) is 14.9. The van der Waals surface area contributed by atoms with E-state index in [1.165, 1.54) is 35.9 Å². The lowest BCUT2D eigenvalue weighted by molar-refractivity contribution is 0.0733. The topological polar surface area (TPSA) is 64.8 Å². The Morgan fingerprint density at radius 1 is 1.15 bits per heavy atom. The number of benzene rings is 1. The Morgan fingerprint density at radius 3 is 2.88 bits per heavy atom. The number of para-hydroxylation sites is 1. The van der Waals surface area contributed by atoms with E-state index in [0.717, 1.165) is 42.6 Å². The van der Waals surface area contributed by atoms with Crippen LogP contribution >= 0.6 is 0 Å².